The van der Waals surface area contributed by atoms with Gasteiger partial charge in [0.05, 0.1) is 0 Å². The highest BCUT2D eigenvalue weighted by Crippen LogP contribution is 2.29. The lowest BCUT2D eigenvalue weighted by atomic mass is 10.2. The van der Waals surface area contributed by atoms with Gasteiger partial charge in [0.15, 0.2) is 0 Å². The minimum Gasteiger partial charge on any atom is -0.508 e. The maximum Gasteiger partial charge on any atom is 0.118 e. The smallest absolute Gasteiger partial charge is 0.118 e. The molecule has 0 radical (unpaired) electrons. The Labute approximate surface area is 126 Å². The third-order valence-corrected chi connectivity index (χ3v) is 4.98. The van der Waals surface area contributed by atoms with E-state index < -0.39 is 0 Å². The summed E-state index contributed by atoms with van der Waals surface area (Å²) in [4.78, 5) is 2.62. The number of phenols is 1. The van der Waals surface area contributed by atoms with Crippen LogP contribution in [0.1, 0.15) is 10.4 Å². The molecule has 2 aromatic heterocycles. The van der Waals surface area contributed by atoms with Crippen LogP contribution in [0.3, 0.4) is 0 Å². The maximum absolute atomic E-state index is 9.51. The van der Waals surface area contributed by atoms with Crippen molar-refractivity contribution in [1.29, 1.82) is 0 Å². The Balaban J connectivity index is 1.68. The predicted octanol–water partition coefficient (Wildman–Crippen LogP) is 5.10. The van der Waals surface area contributed by atoms with Gasteiger partial charge in [0.1, 0.15) is 5.75 Å². The van der Waals surface area contributed by atoms with Crippen molar-refractivity contribution in [3.63, 3.8) is 0 Å². The molecule has 0 aliphatic carbocycles. The second-order valence-electron chi connectivity index (χ2n) is 4.63. The number of hydrogen-bond donors (Lipinski definition) is 2. The summed E-state index contributed by atoms with van der Waals surface area (Å²) in [7, 11) is 0. The van der Waals surface area contributed by atoms with Gasteiger partial charge in [0.25, 0.3) is 0 Å². The Hall–Kier alpha value is -1.78. The van der Waals surface area contributed by atoms with E-state index in [2.05, 4.69) is 34.3 Å². The quantitative estimate of drug-likeness (QED) is 0.657. The van der Waals surface area contributed by atoms with Gasteiger partial charge in [0.2, 0.25) is 0 Å². The van der Waals surface area contributed by atoms with Crippen LogP contribution in [0.25, 0.3) is 10.4 Å². The number of thiophene rings is 2. The molecule has 2 N–H and O–H groups in total. The molecule has 0 aliphatic rings. The highest BCUT2D eigenvalue weighted by molar-refractivity contribution is 7.14. The normalized spacial score (nSPS) is 10.7. The van der Waals surface area contributed by atoms with Gasteiger partial charge in [-0.3, -0.25) is 0 Å². The average molecular weight is 301 g/mol. The summed E-state index contributed by atoms with van der Waals surface area (Å²) < 4.78 is 0. The molecule has 3 rings (SSSR count). The zero-order valence-electron chi connectivity index (χ0n) is 11.1. The van der Waals surface area contributed by atoms with Gasteiger partial charge >= 0.3 is 0 Å². The van der Waals surface area contributed by atoms with E-state index in [-0.39, 0.29) is 0 Å². The standard InChI is InChI=1S/C16H15NOS2/c1-11-7-13(4-5-15(11)18)17-9-14-8-12(10-20-14)16-3-2-6-19-16/h2-8,10,17-18H,9H2,1H3. The van der Waals surface area contributed by atoms with Crippen LogP contribution in [0.5, 0.6) is 5.75 Å². The van der Waals surface area contributed by atoms with E-state index in [9.17, 15) is 5.11 Å². The Morgan fingerprint density at radius 1 is 1.15 bits per heavy atom. The average Bonchev–Trinajstić information content (AvgIpc) is 3.09. The van der Waals surface area contributed by atoms with E-state index in [0.29, 0.717) is 5.75 Å². The summed E-state index contributed by atoms with van der Waals surface area (Å²) in [6.45, 7) is 2.71. The molecule has 0 saturated carbocycles. The summed E-state index contributed by atoms with van der Waals surface area (Å²) in [5.41, 5.74) is 3.22. The predicted molar refractivity (Wildman–Crippen MR) is 87.8 cm³/mol. The first-order valence-electron chi connectivity index (χ1n) is 6.37. The molecular formula is C16H15NOS2. The number of hydrogen-bond acceptors (Lipinski definition) is 4. The summed E-state index contributed by atoms with van der Waals surface area (Å²) in [5, 5.41) is 17.2. The molecule has 1 aromatic carbocycles. The number of rotatable bonds is 4. The molecule has 3 aromatic rings. The maximum atomic E-state index is 9.51. The van der Waals surface area contributed by atoms with Crippen LogP contribution in [-0.4, -0.2) is 5.11 Å². The fourth-order valence-electron chi connectivity index (χ4n) is 2.00. The number of phenolic OH excluding ortho intramolecular Hbond substituents is 1. The zero-order chi connectivity index (χ0) is 13.9. The summed E-state index contributed by atoms with van der Waals surface area (Å²) in [6, 6.07) is 12.0. The number of anilines is 1. The molecule has 2 nitrogen and oxygen atoms in total. The van der Waals surface area contributed by atoms with Gasteiger partial charge in [-0.15, -0.1) is 22.7 Å². The summed E-state index contributed by atoms with van der Waals surface area (Å²) in [5.74, 6) is 0.339. The van der Waals surface area contributed by atoms with Crippen molar-refractivity contribution in [3.05, 3.63) is 57.6 Å². The molecule has 0 saturated heterocycles. The lowest BCUT2D eigenvalue weighted by molar-refractivity contribution is 0.471. The second kappa shape index (κ2) is 5.69. The second-order valence-corrected chi connectivity index (χ2v) is 6.58. The largest absolute Gasteiger partial charge is 0.508 e. The fraction of sp³-hybridized carbons (Fsp3) is 0.125. The minimum absolute atomic E-state index is 0.339. The number of aryl methyl sites for hydroxylation is 1. The number of nitrogens with one attached hydrogen (secondary N) is 1. The summed E-state index contributed by atoms with van der Waals surface area (Å²) in [6.07, 6.45) is 0. The van der Waals surface area contributed by atoms with Crippen LogP contribution in [0, 0.1) is 6.92 Å². The van der Waals surface area contributed by atoms with Crippen molar-refractivity contribution in [3.8, 4) is 16.2 Å². The van der Waals surface area contributed by atoms with Gasteiger partial charge < -0.3 is 10.4 Å². The van der Waals surface area contributed by atoms with Gasteiger partial charge in [-0.1, -0.05) is 6.07 Å². The van der Waals surface area contributed by atoms with Crippen LogP contribution in [-0.2, 0) is 6.54 Å². The van der Waals surface area contributed by atoms with Crippen molar-refractivity contribution in [2.75, 3.05) is 5.32 Å². The van der Waals surface area contributed by atoms with Crippen LogP contribution in [0.2, 0.25) is 0 Å². The molecule has 102 valence electrons. The highest BCUT2D eigenvalue weighted by Gasteiger charge is 2.04. The lowest BCUT2D eigenvalue weighted by Crippen LogP contribution is -1.97. The first kappa shape index (κ1) is 13.2. The van der Waals surface area contributed by atoms with Crippen molar-refractivity contribution in [2.45, 2.75) is 13.5 Å². The molecule has 0 unspecified atom stereocenters. The first-order valence-corrected chi connectivity index (χ1v) is 8.13. The third-order valence-electron chi connectivity index (χ3n) is 3.12. The van der Waals surface area contributed by atoms with Gasteiger partial charge in [-0.25, -0.2) is 0 Å². The molecule has 2 heterocycles. The Bertz CT molecular complexity index is 701. The van der Waals surface area contributed by atoms with E-state index in [0.717, 1.165) is 17.8 Å². The Kier molecular flexibility index (Phi) is 3.76. The van der Waals surface area contributed by atoms with E-state index >= 15 is 0 Å². The zero-order valence-corrected chi connectivity index (χ0v) is 12.7. The third kappa shape index (κ3) is 2.86. The van der Waals surface area contributed by atoms with Crippen LogP contribution >= 0.6 is 22.7 Å². The topological polar surface area (TPSA) is 32.3 Å². The highest BCUT2D eigenvalue weighted by atomic mass is 32.1. The van der Waals surface area contributed by atoms with E-state index in [1.807, 2.05) is 19.1 Å². The van der Waals surface area contributed by atoms with Crippen LogP contribution in [0.15, 0.2) is 47.2 Å². The van der Waals surface area contributed by atoms with Gasteiger partial charge in [-0.2, -0.15) is 0 Å². The van der Waals surface area contributed by atoms with E-state index in [1.165, 1.54) is 15.3 Å². The van der Waals surface area contributed by atoms with Gasteiger partial charge in [0, 0.05) is 27.5 Å². The molecule has 0 atom stereocenters. The molecule has 4 heteroatoms. The fourth-order valence-corrected chi connectivity index (χ4v) is 3.61. The van der Waals surface area contributed by atoms with E-state index in [4.69, 9.17) is 0 Å². The lowest BCUT2D eigenvalue weighted by Gasteiger charge is -2.06. The van der Waals surface area contributed by atoms with Gasteiger partial charge in [-0.05, 0) is 53.6 Å². The molecule has 0 spiro atoms. The number of benzene rings is 1. The number of aromatic hydroxyl groups is 1. The first-order chi connectivity index (χ1) is 9.72. The molecule has 0 bridgehead atoms. The minimum atomic E-state index is 0.339. The van der Waals surface area contributed by atoms with Crippen molar-refractivity contribution in [2.24, 2.45) is 0 Å². The molecule has 0 fully saturated rings. The molecule has 20 heavy (non-hydrogen) atoms. The monoisotopic (exact) mass is 301 g/mol. The van der Waals surface area contributed by atoms with Crippen molar-refractivity contribution >= 4 is 28.4 Å². The molecular weight excluding hydrogens is 286 g/mol. The Morgan fingerprint density at radius 2 is 2.05 bits per heavy atom. The molecule has 0 aliphatic heterocycles. The molecule has 0 amide bonds. The summed E-state index contributed by atoms with van der Waals surface area (Å²) >= 11 is 3.54. The van der Waals surface area contributed by atoms with Crippen LogP contribution in [0.4, 0.5) is 5.69 Å². The van der Waals surface area contributed by atoms with Crippen molar-refractivity contribution in [1.82, 2.24) is 0 Å². The van der Waals surface area contributed by atoms with Crippen LogP contribution < -0.4 is 5.32 Å². The SMILES string of the molecule is Cc1cc(NCc2cc(-c3cccs3)cs2)ccc1O. The Morgan fingerprint density at radius 3 is 2.80 bits per heavy atom. The van der Waals surface area contributed by atoms with E-state index in [1.54, 1.807) is 28.7 Å². The van der Waals surface area contributed by atoms with Crippen molar-refractivity contribution < 1.29 is 5.11 Å².